The Labute approximate surface area is 98.8 Å². The van der Waals surface area contributed by atoms with Crippen LogP contribution < -0.4 is 4.74 Å². The quantitative estimate of drug-likeness (QED) is 0.374. The maximum absolute atomic E-state index is 10.9. The normalized spacial score (nSPS) is 10.8. The second-order valence-corrected chi connectivity index (χ2v) is 3.29. The van der Waals surface area contributed by atoms with Crippen molar-refractivity contribution in [2.75, 3.05) is 0 Å². The third kappa shape index (κ3) is 3.95. The fraction of sp³-hybridized carbons (Fsp3) is 0.0769. The van der Waals surface area contributed by atoms with Crippen LogP contribution >= 0.6 is 0 Å². The predicted molar refractivity (Wildman–Crippen MR) is 63.6 cm³/mol. The highest BCUT2D eigenvalue weighted by molar-refractivity contribution is 5.93. The molecule has 1 aromatic rings. The molecule has 4 heteroatoms. The van der Waals surface area contributed by atoms with Gasteiger partial charge in [0.05, 0.1) is 0 Å². The summed E-state index contributed by atoms with van der Waals surface area (Å²) in [6, 6.07) is 6.11. The van der Waals surface area contributed by atoms with Crippen LogP contribution in [0.4, 0.5) is 0 Å². The van der Waals surface area contributed by atoms with Crippen molar-refractivity contribution in [2.45, 2.75) is 6.92 Å². The third-order valence-electron chi connectivity index (χ3n) is 1.88. The number of ketones is 1. The molecule has 0 aliphatic rings. The number of aliphatic hydroxyl groups is 1. The highest BCUT2D eigenvalue weighted by Crippen LogP contribution is 2.17. The molecule has 88 valence electrons. The summed E-state index contributed by atoms with van der Waals surface area (Å²) in [6.07, 6.45) is 2.17. The average molecular weight is 232 g/mol. The van der Waals surface area contributed by atoms with Gasteiger partial charge in [-0.3, -0.25) is 4.79 Å². The van der Waals surface area contributed by atoms with Crippen molar-refractivity contribution < 1.29 is 19.4 Å². The van der Waals surface area contributed by atoms with Crippen LogP contribution in [0.1, 0.15) is 12.5 Å². The van der Waals surface area contributed by atoms with Gasteiger partial charge in [-0.15, -0.1) is 0 Å². The Kier molecular flexibility index (Phi) is 4.22. The molecule has 0 aliphatic carbocycles. The van der Waals surface area contributed by atoms with E-state index in [2.05, 4.69) is 6.58 Å². The average Bonchev–Trinajstić information content (AvgIpc) is 2.28. The van der Waals surface area contributed by atoms with Crippen molar-refractivity contribution >= 4 is 17.5 Å². The van der Waals surface area contributed by atoms with Gasteiger partial charge < -0.3 is 9.84 Å². The van der Waals surface area contributed by atoms with Crippen molar-refractivity contribution in [3.8, 4) is 5.75 Å². The van der Waals surface area contributed by atoms with Crippen LogP contribution in [0.25, 0.3) is 5.76 Å². The number of ether oxygens (including phenoxy) is 1. The Bertz CT molecular complexity index is 469. The maximum atomic E-state index is 10.9. The minimum atomic E-state index is -0.554. The lowest BCUT2D eigenvalue weighted by atomic mass is 10.1. The summed E-state index contributed by atoms with van der Waals surface area (Å²) in [4.78, 5) is 21.7. The molecule has 0 aliphatic heterocycles. The van der Waals surface area contributed by atoms with Gasteiger partial charge in [-0.1, -0.05) is 6.58 Å². The van der Waals surface area contributed by atoms with Gasteiger partial charge >= 0.3 is 5.97 Å². The van der Waals surface area contributed by atoms with Gasteiger partial charge in [-0.2, -0.15) is 0 Å². The van der Waals surface area contributed by atoms with Crippen LogP contribution in [-0.2, 0) is 9.59 Å². The molecule has 4 nitrogen and oxygen atoms in total. The number of hydrogen-bond acceptors (Lipinski definition) is 4. The number of carbonyl (C=O) groups is 2. The summed E-state index contributed by atoms with van der Waals surface area (Å²) in [5.74, 6) is -0.584. The number of rotatable bonds is 4. The van der Waals surface area contributed by atoms with Crippen molar-refractivity contribution in [1.29, 1.82) is 0 Å². The van der Waals surface area contributed by atoms with Gasteiger partial charge in [0.25, 0.3) is 0 Å². The highest BCUT2D eigenvalue weighted by Gasteiger charge is 2.03. The van der Waals surface area contributed by atoms with Gasteiger partial charge in [0.15, 0.2) is 5.78 Å². The fourth-order valence-electron chi connectivity index (χ4n) is 1.13. The SMILES string of the molecule is C=CC(=O)Oc1ccc(/C(O)=C/C(C)=O)cc1. The number of allylic oxidation sites excluding steroid dienone is 1. The second kappa shape index (κ2) is 5.65. The molecule has 0 radical (unpaired) electrons. The van der Waals surface area contributed by atoms with Crippen LogP contribution in [0, 0.1) is 0 Å². The predicted octanol–water partition coefficient (Wildman–Crippen LogP) is 2.27. The molecule has 0 bridgehead atoms. The summed E-state index contributed by atoms with van der Waals surface area (Å²) in [6.45, 7) is 4.62. The van der Waals surface area contributed by atoms with Crippen LogP contribution in [0.3, 0.4) is 0 Å². The first kappa shape index (κ1) is 12.7. The van der Waals surface area contributed by atoms with Gasteiger partial charge in [0.2, 0.25) is 0 Å². The molecule has 0 saturated carbocycles. The Balaban J connectivity index is 2.84. The number of carbonyl (C=O) groups excluding carboxylic acids is 2. The first-order valence-electron chi connectivity index (χ1n) is 4.89. The smallest absolute Gasteiger partial charge is 0.335 e. The number of hydrogen-bond donors (Lipinski definition) is 1. The Morgan fingerprint density at radius 2 is 1.88 bits per heavy atom. The van der Waals surface area contributed by atoms with E-state index >= 15 is 0 Å². The summed E-state index contributed by atoms with van der Waals surface area (Å²) >= 11 is 0. The number of esters is 1. The number of benzene rings is 1. The third-order valence-corrected chi connectivity index (χ3v) is 1.88. The van der Waals surface area contributed by atoms with E-state index in [9.17, 15) is 14.7 Å². The first-order valence-corrected chi connectivity index (χ1v) is 4.89. The standard InChI is InChI=1S/C13H12O4/c1-3-13(16)17-11-6-4-10(5-7-11)12(15)8-9(2)14/h3-8,15H,1H2,2H3/b12-8-. The van der Waals surface area contributed by atoms with Crippen LogP contribution in [0.15, 0.2) is 43.0 Å². The maximum Gasteiger partial charge on any atom is 0.335 e. The van der Waals surface area contributed by atoms with E-state index in [-0.39, 0.29) is 11.5 Å². The second-order valence-electron chi connectivity index (χ2n) is 3.29. The van der Waals surface area contributed by atoms with Gasteiger partial charge in [0.1, 0.15) is 11.5 Å². The lowest BCUT2D eigenvalue weighted by molar-refractivity contribution is -0.129. The molecular weight excluding hydrogens is 220 g/mol. The van der Waals surface area contributed by atoms with Crippen molar-refractivity contribution in [2.24, 2.45) is 0 Å². The minimum absolute atomic E-state index is 0.126. The Hall–Kier alpha value is -2.36. The zero-order valence-electron chi connectivity index (χ0n) is 9.34. The van der Waals surface area contributed by atoms with Gasteiger partial charge in [0, 0.05) is 17.7 Å². The molecule has 1 rings (SSSR count). The Morgan fingerprint density at radius 1 is 1.29 bits per heavy atom. The monoisotopic (exact) mass is 232 g/mol. The molecule has 0 amide bonds. The molecule has 0 fully saturated rings. The summed E-state index contributed by atoms with van der Waals surface area (Å²) in [5.41, 5.74) is 0.471. The molecule has 0 heterocycles. The van der Waals surface area contributed by atoms with E-state index in [0.29, 0.717) is 11.3 Å². The first-order chi connectivity index (χ1) is 8.02. The Morgan fingerprint density at radius 3 is 2.35 bits per heavy atom. The van der Waals surface area contributed by atoms with Gasteiger partial charge in [-0.05, 0) is 31.2 Å². The van der Waals surface area contributed by atoms with E-state index in [1.54, 1.807) is 12.1 Å². The zero-order valence-corrected chi connectivity index (χ0v) is 9.34. The van der Waals surface area contributed by atoms with Crippen molar-refractivity contribution in [3.05, 3.63) is 48.6 Å². The molecule has 0 unspecified atom stereocenters. The summed E-state index contributed by atoms with van der Waals surface area (Å²) in [7, 11) is 0. The number of aliphatic hydroxyl groups excluding tert-OH is 1. The van der Waals surface area contributed by atoms with E-state index in [1.165, 1.54) is 19.1 Å². The molecule has 0 saturated heterocycles. The largest absolute Gasteiger partial charge is 0.507 e. The fourth-order valence-corrected chi connectivity index (χ4v) is 1.13. The highest BCUT2D eigenvalue weighted by atomic mass is 16.5. The molecule has 0 atom stereocenters. The molecule has 17 heavy (non-hydrogen) atoms. The van der Waals surface area contributed by atoms with Crippen LogP contribution in [0.5, 0.6) is 5.75 Å². The van der Waals surface area contributed by atoms with Crippen LogP contribution in [0.2, 0.25) is 0 Å². The molecule has 1 N–H and O–H groups in total. The van der Waals surface area contributed by atoms with Crippen molar-refractivity contribution in [3.63, 3.8) is 0 Å². The minimum Gasteiger partial charge on any atom is -0.507 e. The zero-order chi connectivity index (χ0) is 12.8. The molecule has 0 spiro atoms. The van der Waals surface area contributed by atoms with E-state index in [1.807, 2.05) is 0 Å². The lowest BCUT2D eigenvalue weighted by Crippen LogP contribution is -2.02. The molecular formula is C13H12O4. The molecule has 1 aromatic carbocycles. The van der Waals surface area contributed by atoms with Crippen LogP contribution in [-0.4, -0.2) is 16.9 Å². The van der Waals surface area contributed by atoms with E-state index in [4.69, 9.17) is 4.74 Å². The summed E-state index contributed by atoms with van der Waals surface area (Å²) in [5, 5.41) is 9.53. The van der Waals surface area contributed by atoms with E-state index < -0.39 is 5.97 Å². The summed E-state index contributed by atoms with van der Waals surface area (Å²) < 4.78 is 4.85. The van der Waals surface area contributed by atoms with Crippen molar-refractivity contribution in [1.82, 2.24) is 0 Å². The lowest BCUT2D eigenvalue weighted by Gasteiger charge is -2.03. The van der Waals surface area contributed by atoms with E-state index in [0.717, 1.165) is 12.2 Å². The molecule has 0 aromatic heterocycles. The van der Waals surface area contributed by atoms with Gasteiger partial charge in [-0.25, -0.2) is 4.79 Å². The topological polar surface area (TPSA) is 63.6 Å².